The number of hydrogen-bond donors (Lipinski definition) is 0. The van der Waals surface area contributed by atoms with E-state index in [1.807, 2.05) is 13.1 Å². The summed E-state index contributed by atoms with van der Waals surface area (Å²) in [6.07, 6.45) is 1.84. The van der Waals surface area contributed by atoms with Crippen LogP contribution in [0.5, 0.6) is 0 Å². The average molecular weight is 330 g/mol. The van der Waals surface area contributed by atoms with Gasteiger partial charge < -0.3 is 15.9 Å². The van der Waals surface area contributed by atoms with Crippen LogP contribution < -0.4 is 0 Å². The van der Waals surface area contributed by atoms with Crippen molar-refractivity contribution in [3.63, 3.8) is 0 Å². The van der Waals surface area contributed by atoms with E-state index in [1.165, 1.54) is 0 Å². The molecule has 0 atom stereocenters. The van der Waals surface area contributed by atoms with Crippen molar-refractivity contribution in [1.82, 2.24) is 0 Å². The molecule has 9 heteroatoms. The average Bonchev–Trinajstić information content (AvgIpc) is 2.20. The Morgan fingerprint density at radius 2 is 1.35 bits per heavy atom. The third kappa shape index (κ3) is 22.8. The van der Waals surface area contributed by atoms with E-state index in [4.69, 9.17) is 15.9 Å². The largest absolute Gasteiger partial charge is 0.682 e. The molecule has 0 saturated carbocycles. The summed E-state index contributed by atoms with van der Waals surface area (Å²) >= 11 is -1.70. The highest BCUT2D eigenvalue weighted by Crippen LogP contribution is 1.95. The van der Waals surface area contributed by atoms with Crippen molar-refractivity contribution in [1.29, 1.82) is 0 Å². The highest BCUT2D eigenvalue weighted by Gasteiger charge is 2.09. The zero-order chi connectivity index (χ0) is 13.7. The molecule has 0 spiro atoms. The van der Waals surface area contributed by atoms with Gasteiger partial charge in [-0.05, 0) is 25.6 Å². The maximum absolute atomic E-state index is 6.72. The molecule has 0 fully saturated rings. The Hall–Kier alpha value is 1.24. The van der Waals surface area contributed by atoms with E-state index in [2.05, 4.69) is 26.2 Å². The monoisotopic (exact) mass is 329 g/mol. The maximum Gasteiger partial charge on any atom is 0.547 e. The van der Waals surface area contributed by atoms with Crippen molar-refractivity contribution in [2.24, 2.45) is 0 Å². The van der Waals surface area contributed by atoms with Crippen LogP contribution in [0.2, 0.25) is 39.3 Å². The van der Waals surface area contributed by atoms with E-state index < -0.39 is 33.2 Å². The Morgan fingerprint density at radius 1 is 1.00 bits per heavy atom. The van der Waals surface area contributed by atoms with Crippen molar-refractivity contribution in [3.8, 4) is 0 Å². The second-order valence-corrected chi connectivity index (χ2v) is 13.9. The smallest absolute Gasteiger partial charge is 0.547 e. The van der Waals surface area contributed by atoms with Crippen LogP contribution in [0.25, 0.3) is 0 Å². The molecular formula is C8H30AlO4Si4. The lowest BCUT2D eigenvalue weighted by atomic mass is 11.7. The van der Waals surface area contributed by atoms with E-state index >= 15 is 0 Å². The van der Waals surface area contributed by atoms with E-state index in [0.29, 0.717) is 0 Å². The zero-order valence-electron chi connectivity index (χ0n) is 12.3. The molecule has 0 aromatic carbocycles. The first-order valence-electron chi connectivity index (χ1n) is 6.53. The third-order valence-electron chi connectivity index (χ3n) is 1.30. The maximum atomic E-state index is 6.72. The summed E-state index contributed by atoms with van der Waals surface area (Å²) < 4.78 is 17.0. The molecule has 0 aliphatic heterocycles. The van der Waals surface area contributed by atoms with Gasteiger partial charge in [0, 0.05) is 19.0 Å². The van der Waals surface area contributed by atoms with Gasteiger partial charge in [0.25, 0.3) is 0 Å². The molecule has 0 heterocycles. The molecule has 17 heavy (non-hydrogen) atoms. The lowest BCUT2D eigenvalue weighted by molar-refractivity contribution is 0.182. The molecule has 0 amide bonds. The first-order valence-corrected chi connectivity index (χ1v) is 18.4. The molecule has 0 aromatic heterocycles. The van der Waals surface area contributed by atoms with E-state index in [0.717, 1.165) is 12.5 Å². The van der Waals surface area contributed by atoms with Crippen LogP contribution in [-0.4, -0.2) is 69.5 Å². The summed E-state index contributed by atoms with van der Waals surface area (Å²) in [6, 6.07) is 0. The second-order valence-electron chi connectivity index (χ2n) is 4.37. The fourth-order valence-corrected chi connectivity index (χ4v) is 6.70. The molecular weight excluding hydrogens is 299 g/mol. The van der Waals surface area contributed by atoms with Gasteiger partial charge in [0.05, 0.1) is 0 Å². The summed E-state index contributed by atoms with van der Waals surface area (Å²) in [7, 11) is -1.87. The Bertz CT molecular complexity index is 143. The molecule has 0 unspecified atom stereocenters. The van der Waals surface area contributed by atoms with E-state index in [9.17, 15) is 0 Å². The van der Waals surface area contributed by atoms with Gasteiger partial charge in [-0.3, -0.25) is 0 Å². The fraction of sp³-hybridized carbons (Fsp3) is 1.00. The summed E-state index contributed by atoms with van der Waals surface area (Å²) in [6.45, 7) is 12.8. The van der Waals surface area contributed by atoms with Crippen molar-refractivity contribution in [2.45, 2.75) is 39.3 Å². The minimum Gasteiger partial charge on any atom is -0.682 e. The third-order valence-corrected chi connectivity index (χ3v) is 7.61. The number of rotatable bonds is 8. The quantitative estimate of drug-likeness (QED) is 0.426. The van der Waals surface area contributed by atoms with Crippen LogP contribution >= 0.6 is 0 Å². The van der Waals surface area contributed by atoms with E-state index in [1.54, 1.807) is 0 Å². The molecule has 0 aromatic rings. The molecule has 4 nitrogen and oxygen atoms in total. The fourth-order valence-electron chi connectivity index (χ4n) is 0.777. The standard InChI is InChI=1S/C2H8OSi.3C2H7OSi.Al/c2*1-4(2)3;2*1-4-2-3;/h3-4H,1-2H3;4H,1-2H3;2*2,4H2,1H3;/q;3*-1;+2/p+1. The molecule has 0 bridgehead atoms. The minimum absolute atomic E-state index is 0.00669. The topological polar surface area (TPSA) is 50.6 Å². The van der Waals surface area contributed by atoms with Crippen LogP contribution in [0.3, 0.4) is 0 Å². The Morgan fingerprint density at radius 3 is 1.59 bits per heavy atom. The first kappa shape index (κ1) is 20.6. The zero-order valence-corrected chi connectivity index (χ0v) is 18.6. The van der Waals surface area contributed by atoms with Crippen molar-refractivity contribution >= 4 is 52.3 Å². The minimum atomic E-state index is -1.70. The Kier molecular flexibility index (Phi) is 18.5. The normalized spacial score (nSPS) is 12.4. The van der Waals surface area contributed by atoms with Crippen LogP contribution in [0, 0.1) is 0 Å². The number of hydrogen-bond acceptors (Lipinski definition) is 3. The van der Waals surface area contributed by atoms with Crippen molar-refractivity contribution in [2.75, 3.05) is 12.5 Å². The molecule has 105 valence electrons. The molecule has 2 N–H and O–H groups in total. The molecule has 0 saturated heterocycles. The summed E-state index contributed by atoms with van der Waals surface area (Å²) in [5, 5.41) is 0. The van der Waals surface area contributed by atoms with Gasteiger partial charge in [-0.15, -0.1) is 0 Å². The summed E-state index contributed by atoms with van der Waals surface area (Å²) in [4.78, 5) is 6.72. The molecule has 1 radical (unpaired) electrons. The van der Waals surface area contributed by atoms with Gasteiger partial charge in [-0.1, -0.05) is 26.2 Å². The predicted octanol–water partition coefficient (Wildman–Crippen LogP) is -0.952. The summed E-state index contributed by atoms with van der Waals surface area (Å²) in [5.41, 5.74) is 0. The van der Waals surface area contributed by atoms with Crippen LogP contribution in [-0.2, 0) is 11.1 Å². The lowest BCUT2D eigenvalue weighted by Crippen LogP contribution is -2.34. The van der Waals surface area contributed by atoms with Crippen LogP contribution in [0.1, 0.15) is 0 Å². The van der Waals surface area contributed by atoms with Gasteiger partial charge in [-0.2, -0.15) is 0 Å². The van der Waals surface area contributed by atoms with E-state index in [-0.39, 0.29) is 19.0 Å². The van der Waals surface area contributed by atoms with Gasteiger partial charge in [0.15, 0.2) is 0 Å². The highest BCUT2D eigenvalue weighted by atomic mass is 28.3. The first-order chi connectivity index (χ1) is 7.93. The molecule has 0 aliphatic carbocycles. The highest BCUT2D eigenvalue weighted by molar-refractivity contribution is 6.59. The Labute approximate surface area is 120 Å². The SMILES string of the molecule is C[SiH2]C[O][Al-]([O]C[SiH2]C)[O][SiH](C)C.C[SiH](C)[OH2+]. The van der Waals surface area contributed by atoms with Crippen LogP contribution in [0.4, 0.5) is 0 Å². The van der Waals surface area contributed by atoms with Crippen molar-refractivity contribution < 1.29 is 15.9 Å². The van der Waals surface area contributed by atoms with Crippen molar-refractivity contribution in [3.05, 3.63) is 0 Å². The van der Waals surface area contributed by atoms with Gasteiger partial charge in [-0.25, -0.2) is 0 Å². The second kappa shape index (κ2) is 15.3. The van der Waals surface area contributed by atoms with Crippen LogP contribution in [0.15, 0.2) is 0 Å². The predicted molar refractivity (Wildman–Crippen MR) is 88.9 cm³/mol. The molecule has 0 aliphatic rings. The summed E-state index contributed by atoms with van der Waals surface area (Å²) in [5.74, 6) is 0. The molecule has 0 rings (SSSR count). The van der Waals surface area contributed by atoms with Gasteiger partial charge in [0.2, 0.25) is 0 Å². The lowest BCUT2D eigenvalue weighted by Gasteiger charge is -2.30. The van der Waals surface area contributed by atoms with Gasteiger partial charge >= 0.3 is 24.2 Å². The van der Waals surface area contributed by atoms with Gasteiger partial charge in [0.1, 0.15) is 9.04 Å². The Balaban J connectivity index is 0.